The lowest BCUT2D eigenvalue weighted by Crippen LogP contribution is -2.37. The van der Waals surface area contributed by atoms with Crippen LogP contribution in [0.3, 0.4) is 0 Å². The molecule has 0 N–H and O–H groups in total. The highest BCUT2D eigenvalue weighted by Crippen LogP contribution is 2.40. The zero-order valence-electron chi connectivity index (χ0n) is 13.2. The molecule has 0 radical (unpaired) electrons. The summed E-state index contributed by atoms with van der Waals surface area (Å²) in [6, 6.07) is 12.4. The van der Waals surface area contributed by atoms with Crippen LogP contribution in [0.4, 0.5) is 13.2 Å². The van der Waals surface area contributed by atoms with E-state index in [2.05, 4.69) is 17.0 Å². The summed E-state index contributed by atoms with van der Waals surface area (Å²) in [5.74, 6) is -2.80. The Bertz CT molecular complexity index is 785. The zero-order valence-corrected chi connectivity index (χ0v) is 13.2. The van der Waals surface area contributed by atoms with Gasteiger partial charge in [-0.3, -0.25) is 4.90 Å². The van der Waals surface area contributed by atoms with E-state index < -0.39 is 17.5 Å². The Kier molecular flexibility index (Phi) is 3.93. The van der Waals surface area contributed by atoms with E-state index in [-0.39, 0.29) is 11.6 Å². The molecule has 1 nitrogen and oxygen atoms in total. The number of halogens is 3. The van der Waals surface area contributed by atoms with Crippen LogP contribution >= 0.6 is 0 Å². The molecule has 2 aromatic carbocycles. The molecular weight excluding hydrogens is 311 g/mol. The molecule has 4 heteroatoms. The van der Waals surface area contributed by atoms with Crippen LogP contribution in [0.2, 0.25) is 0 Å². The van der Waals surface area contributed by atoms with Gasteiger partial charge in [0.05, 0.1) is 0 Å². The van der Waals surface area contributed by atoms with Crippen molar-refractivity contribution in [2.24, 2.45) is 0 Å². The van der Waals surface area contributed by atoms with Crippen molar-refractivity contribution >= 4 is 5.57 Å². The van der Waals surface area contributed by atoms with Gasteiger partial charge in [-0.2, -0.15) is 0 Å². The van der Waals surface area contributed by atoms with Crippen LogP contribution in [0.5, 0.6) is 0 Å². The SMILES string of the molecule is Fc1cc(F)c(F)c(C2=CC3CCC(C2)N3Cc2ccccc2)c1. The molecule has 1 fully saturated rings. The van der Waals surface area contributed by atoms with Crippen molar-refractivity contribution in [3.05, 3.63) is 77.1 Å². The second-order valence-corrected chi connectivity index (χ2v) is 6.60. The highest BCUT2D eigenvalue weighted by atomic mass is 19.2. The fraction of sp³-hybridized carbons (Fsp3) is 0.300. The summed E-state index contributed by atoms with van der Waals surface area (Å²) in [6.07, 6.45) is 4.64. The van der Waals surface area contributed by atoms with Gasteiger partial charge in [0, 0.05) is 30.3 Å². The van der Waals surface area contributed by atoms with Crippen LogP contribution in [0.25, 0.3) is 5.57 Å². The lowest BCUT2D eigenvalue weighted by molar-refractivity contribution is 0.203. The highest BCUT2D eigenvalue weighted by molar-refractivity contribution is 5.68. The minimum Gasteiger partial charge on any atom is -0.289 e. The summed E-state index contributed by atoms with van der Waals surface area (Å²) in [4.78, 5) is 2.41. The maximum Gasteiger partial charge on any atom is 0.166 e. The minimum absolute atomic E-state index is 0.0729. The van der Waals surface area contributed by atoms with Crippen molar-refractivity contribution in [1.29, 1.82) is 0 Å². The lowest BCUT2D eigenvalue weighted by Gasteiger charge is -2.34. The first-order valence-corrected chi connectivity index (χ1v) is 8.27. The second-order valence-electron chi connectivity index (χ2n) is 6.60. The van der Waals surface area contributed by atoms with Crippen molar-refractivity contribution in [3.8, 4) is 0 Å². The van der Waals surface area contributed by atoms with Gasteiger partial charge in [0.25, 0.3) is 0 Å². The maximum absolute atomic E-state index is 14.1. The summed E-state index contributed by atoms with van der Waals surface area (Å²) < 4.78 is 41.1. The first-order chi connectivity index (χ1) is 11.6. The molecule has 2 aromatic rings. The Hall–Kier alpha value is -2.07. The summed E-state index contributed by atoms with van der Waals surface area (Å²) in [7, 11) is 0. The van der Waals surface area contributed by atoms with E-state index in [0.29, 0.717) is 18.5 Å². The lowest BCUT2D eigenvalue weighted by atomic mass is 9.93. The second kappa shape index (κ2) is 6.10. The van der Waals surface area contributed by atoms with E-state index in [9.17, 15) is 13.2 Å². The Balaban J connectivity index is 1.63. The van der Waals surface area contributed by atoms with Gasteiger partial charge in [0.1, 0.15) is 5.82 Å². The molecule has 2 heterocycles. The molecule has 2 unspecified atom stereocenters. The molecule has 0 amide bonds. The quantitative estimate of drug-likeness (QED) is 0.722. The van der Waals surface area contributed by atoms with Crippen LogP contribution in [0, 0.1) is 17.5 Å². The largest absolute Gasteiger partial charge is 0.289 e. The number of fused-ring (bicyclic) bond motifs is 2. The molecule has 0 saturated carbocycles. The van der Waals surface area contributed by atoms with Gasteiger partial charge >= 0.3 is 0 Å². The molecule has 2 aliphatic rings. The average Bonchev–Trinajstić information content (AvgIpc) is 2.81. The Morgan fingerprint density at radius 3 is 2.54 bits per heavy atom. The highest BCUT2D eigenvalue weighted by Gasteiger charge is 2.37. The van der Waals surface area contributed by atoms with E-state index in [1.807, 2.05) is 24.3 Å². The normalized spacial score (nSPS) is 23.4. The summed E-state index contributed by atoms with van der Waals surface area (Å²) in [5.41, 5.74) is 2.04. The van der Waals surface area contributed by atoms with Crippen molar-refractivity contribution < 1.29 is 13.2 Å². The Labute approximate surface area is 139 Å². The van der Waals surface area contributed by atoms with Gasteiger partial charge < -0.3 is 0 Å². The predicted octanol–water partition coefficient (Wildman–Crippen LogP) is 4.92. The molecule has 1 saturated heterocycles. The average molecular weight is 329 g/mol. The van der Waals surface area contributed by atoms with Gasteiger partial charge in [-0.1, -0.05) is 36.4 Å². The van der Waals surface area contributed by atoms with Crippen LogP contribution in [0.1, 0.15) is 30.4 Å². The van der Waals surface area contributed by atoms with Crippen molar-refractivity contribution in [2.75, 3.05) is 0 Å². The number of hydrogen-bond acceptors (Lipinski definition) is 1. The third-order valence-corrected chi connectivity index (χ3v) is 5.09. The molecule has 124 valence electrons. The number of rotatable bonds is 3. The molecule has 4 rings (SSSR count). The molecule has 2 bridgehead atoms. The van der Waals surface area contributed by atoms with Crippen molar-refractivity contribution in [3.63, 3.8) is 0 Å². The van der Waals surface area contributed by atoms with Crippen LogP contribution < -0.4 is 0 Å². The smallest absolute Gasteiger partial charge is 0.166 e. The van der Waals surface area contributed by atoms with E-state index in [0.717, 1.165) is 31.0 Å². The van der Waals surface area contributed by atoms with Gasteiger partial charge in [-0.15, -0.1) is 0 Å². The van der Waals surface area contributed by atoms with Crippen molar-refractivity contribution in [2.45, 2.75) is 37.9 Å². The van der Waals surface area contributed by atoms with E-state index in [1.165, 1.54) is 5.56 Å². The fourth-order valence-corrected chi connectivity index (χ4v) is 3.95. The molecule has 0 aliphatic carbocycles. The summed E-state index contributed by atoms with van der Waals surface area (Å²) >= 11 is 0. The Morgan fingerprint density at radius 1 is 1.00 bits per heavy atom. The molecular formula is C20H18F3N. The van der Waals surface area contributed by atoms with Gasteiger partial charge in [-0.25, -0.2) is 13.2 Å². The first-order valence-electron chi connectivity index (χ1n) is 8.27. The summed E-state index contributed by atoms with van der Waals surface area (Å²) in [5, 5.41) is 0. The topological polar surface area (TPSA) is 3.24 Å². The van der Waals surface area contributed by atoms with E-state index in [1.54, 1.807) is 0 Å². The standard InChI is InChI=1S/C20H18F3N/c21-15-10-18(20(23)19(22)11-15)14-8-16-6-7-17(9-14)24(16)12-13-4-2-1-3-5-13/h1-5,8,10-11,16-17H,6-7,9,12H2. The van der Waals surface area contributed by atoms with Crippen LogP contribution in [-0.4, -0.2) is 17.0 Å². The van der Waals surface area contributed by atoms with Crippen molar-refractivity contribution in [1.82, 2.24) is 4.90 Å². The van der Waals surface area contributed by atoms with E-state index >= 15 is 0 Å². The molecule has 24 heavy (non-hydrogen) atoms. The summed E-state index contributed by atoms with van der Waals surface area (Å²) in [6.45, 7) is 0.847. The van der Waals surface area contributed by atoms with Gasteiger partial charge in [0.2, 0.25) is 0 Å². The van der Waals surface area contributed by atoms with E-state index in [4.69, 9.17) is 0 Å². The number of hydrogen-bond donors (Lipinski definition) is 0. The molecule has 2 atom stereocenters. The Morgan fingerprint density at radius 2 is 1.79 bits per heavy atom. The molecule has 0 spiro atoms. The van der Waals surface area contributed by atoms with Gasteiger partial charge in [0.15, 0.2) is 11.6 Å². The zero-order chi connectivity index (χ0) is 16.7. The monoisotopic (exact) mass is 329 g/mol. The number of benzene rings is 2. The minimum atomic E-state index is -1.12. The third-order valence-electron chi connectivity index (χ3n) is 5.09. The first kappa shape index (κ1) is 15.5. The van der Waals surface area contributed by atoms with Crippen LogP contribution in [-0.2, 0) is 6.54 Å². The fourth-order valence-electron chi connectivity index (χ4n) is 3.95. The van der Waals surface area contributed by atoms with Crippen LogP contribution in [0.15, 0.2) is 48.5 Å². The number of nitrogens with zero attached hydrogens (tertiary/aromatic N) is 1. The maximum atomic E-state index is 14.1. The third kappa shape index (κ3) is 2.75. The molecule has 2 aliphatic heterocycles. The predicted molar refractivity (Wildman–Crippen MR) is 87.7 cm³/mol. The molecule has 0 aromatic heterocycles. The van der Waals surface area contributed by atoms with Gasteiger partial charge in [-0.05, 0) is 36.5 Å².